The van der Waals surface area contributed by atoms with Crippen LogP contribution >= 0.6 is 0 Å². The van der Waals surface area contributed by atoms with Gasteiger partial charge in [0.05, 0.1) is 20.8 Å². The van der Waals surface area contributed by atoms with Crippen molar-refractivity contribution in [3.8, 4) is 17.2 Å². The summed E-state index contributed by atoms with van der Waals surface area (Å²) in [7, 11) is 3.30. The molecule has 0 aliphatic rings. The highest BCUT2D eigenvalue weighted by atomic mass is 19.1. The lowest BCUT2D eigenvalue weighted by molar-refractivity contribution is 0.309. The second kappa shape index (κ2) is 12.7. The SMILES string of the molecule is CCCCOc1ccc(/C=C/c2cc(OC)cc(OC)c2CNCc2ccc(F)cc2)cc1. The Balaban J connectivity index is 1.75. The smallest absolute Gasteiger partial charge is 0.127 e. The molecule has 3 aromatic rings. The van der Waals surface area contributed by atoms with Gasteiger partial charge in [-0.25, -0.2) is 4.39 Å². The van der Waals surface area contributed by atoms with Gasteiger partial charge < -0.3 is 19.5 Å². The minimum absolute atomic E-state index is 0.233. The maximum Gasteiger partial charge on any atom is 0.127 e. The number of methoxy groups -OCH3 is 2. The largest absolute Gasteiger partial charge is 0.497 e. The van der Waals surface area contributed by atoms with E-state index in [1.807, 2.05) is 36.4 Å². The molecular formula is C28H32FNO3. The molecule has 3 rings (SSSR count). The van der Waals surface area contributed by atoms with Gasteiger partial charge in [0, 0.05) is 24.7 Å². The van der Waals surface area contributed by atoms with Gasteiger partial charge in [-0.1, -0.05) is 49.8 Å². The van der Waals surface area contributed by atoms with Crippen molar-refractivity contribution in [1.82, 2.24) is 5.32 Å². The van der Waals surface area contributed by atoms with Gasteiger partial charge in [-0.2, -0.15) is 0 Å². The zero-order valence-electron chi connectivity index (χ0n) is 19.6. The normalized spacial score (nSPS) is 11.0. The van der Waals surface area contributed by atoms with Crippen molar-refractivity contribution >= 4 is 12.2 Å². The number of hydrogen-bond acceptors (Lipinski definition) is 4. The predicted molar refractivity (Wildman–Crippen MR) is 132 cm³/mol. The summed E-state index contributed by atoms with van der Waals surface area (Å²) in [6.45, 7) is 4.10. The molecule has 0 fully saturated rings. The van der Waals surface area contributed by atoms with Crippen LogP contribution in [0.15, 0.2) is 60.7 Å². The molecule has 0 bridgehead atoms. The third-order valence-electron chi connectivity index (χ3n) is 5.32. The van der Waals surface area contributed by atoms with Crippen LogP contribution in [-0.2, 0) is 13.1 Å². The van der Waals surface area contributed by atoms with Crippen molar-refractivity contribution in [2.24, 2.45) is 0 Å². The Labute approximate surface area is 196 Å². The van der Waals surface area contributed by atoms with Gasteiger partial charge in [0.15, 0.2) is 0 Å². The highest BCUT2D eigenvalue weighted by molar-refractivity contribution is 5.73. The summed E-state index contributed by atoms with van der Waals surface area (Å²) in [6, 6.07) is 18.5. The first-order chi connectivity index (χ1) is 16.1. The van der Waals surface area contributed by atoms with Gasteiger partial charge in [-0.05, 0) is 53.4 Å². The summed E-state index contributed by atoms with van der Waals surface area (Å²) in [5.41, 5.74) is 4.12. The van der Waals surface area contributed by atoms with E-state index in [1.54, 1.807) is 26.4 Å². The van der Waals surface area contributed by atoms with E-state index in [2.05, 4.69) is 24.4 Å². The third-order valence-corrected chi connectivity index (χ3v) is 5.32. The topological polar surface area (TPSA) is 39.7 Å². The first-order valence-corrected chi connectivity index (χ1v) is 11.2. The summed E-state index contributed by atoms with van der Waals surface area (Å²) in [6.07, 6.45) is 6.30. The van der Waals surface area contributed by atoms with Gasteiger partial charge in [0.1, 0.15) is 23.1 Å². The molecule has 0 radical (unpaired) electrons. The van der Waals surface area contributed by atoms with Crippen LogP contribution in [-0.4, -0.2) is 20.8 Å². The van der Waals surface area contributed by atoms with E-state index in [0.29, 0.717) is 13.1 Å². The number of nitrogens with one attached hydrogen (secondary N) is 1. The molecule has 0 saturated carbocycles. The predicted octanol–water partition coefficient (Wildman–Crippen LogP) is 6.48. The number of ether oxygens (including phenoxy) is 3. The van der Waals surface area contributed by atoms with Crippen molar-refractivity contribution in [1.29, 1.82) is 0 Å². The fourth-order valence-corrected chi connectivity index (χ4v) is 3.41. The second-order valence-electron chi connectivity index (χ2n) is 7.73. The monoisotopic (exact) mass is 449 g/mol. The summed E-state index contributed by atoms with van der Waals surface area (Å²) >= 11 is 0. The molecule has 1 N–H and O–H groups in total. The Morgan fingerprint density at radius 3 is 2.27 bits per heavy atom. The fraction of sp³-hybridized carbons (Fsp3) is 0.286. The number of hydrogen-bond donors (Lipinski definition) is 1. The Bertz CT molecular complexity index is 1030. The number of halogens is 1. The van der Waals surface area contributed by atoms with E-state index in [1.165, 1.54) is 12.1 Å². The van der Waals surface area contributed by atoms with Crippen LogP contribution in [0.1, 0.15) is 42.0 Å². The highest BCUT2D eigenvalue weighted by Crippen LogP contribution is 2.30. The second-order valence-corrected chi connectivity index (χ2v) is 7.73. The Morgan fingerprint density at radius 2 is 1.61 bits per heavy atom. The molecule has 5 heteroatoms. The lowest BCUT2D eigenvalue weighted by atomic mass is 10.0. The van der Waals surface area contributed by atoms with E-state index in [-0.39, 0.29) is 5.82 Å². The zero-order chi connectivity index (χ0) is 23.5. The summed E-state index contributed by atoms with van der Waals surface area (Å²) in [5, 5.41) is 3.43. The van der Waals surface area contributed by atoms with Gasteiger partial charge in [-0.3, -0.25) is 0 Å². The zero-order valence-corrected chi connectivity index (χ0v) is 19.6. The van der Waals surface area contributed by atoms with Crippen LogP contribution in [0.3, 0.4) is 0 Å². The summed E-state index contributed by atoms with van der Waals surface area (Å²) < 4.78 is 30.0. The van der Waals surface area contributed by atoms with E-state index < -0.39 is 0 Å². The first kappa shape index (κ1) is 24.3. The van der Waals surface area contributed by atoms with E-state index >= 15 is 0 Å². The molecule has 0 aliphatic heterocycles. The van der Waals surface area contributed by atoms with Crippen molar-refractivity contribution in [3.63, 3.8) is 0 Å². The van der Waals surface area contributed by atoms with Crippen molar-refractivity contribution in [3.05, 3.63) is 88.7 Å². The first-order valence-electron chi connectivity index (χ1n) is 11.2. The standard InChI is InChI=1S/C28H32FNO3/c1-4-5-16-33-25-14-9-21(10-15-25)6-11-23-17-26(31-2)18-28(32-3)27(23)20-30-19-22-7-12-24(29)13-8-22/h6-15,17-18,30H,4-5,16,19-20H2,1-3H3/b11-6+. The fourth-order valence-electron chi connectivity index (χ4n) is 3.41. The lowest BCUT2D eigenvalue weighted by Gasteiger charge is -2.15. The molecule has 0 aromatic heterocycles. The molecule has 0 spiro atoms. The van der Waals surface area contributed by atoms with Crippen LogP contribution in [0, 0.1) is 5.82 Å². The van der Waals surface area contributed by atoms with E-state index in [9.17, 15) is 4.39 Å². The Kier molecular flexibility index (Phi) is 9.33. The maximum absolute atomic E-state index is 13.1. The van der Waals surface area contributed by atoms with Crippen LogP contribution in [0.25, 0.3) is 12.2 Å². The average Bonchev–Trinajstić information content (AvgIpc) is 2.85. The van der Waals surface area contributed by atoms with Crippen LogP contribution in [0.5, 0.6) is 17.2 Å². The molecular weight excluding hydrogens is 417 g/mol. The van der Waals surface area contributed by atoms with Gasteiger partial charge in [-0.15, -0.1) is 0 Å². The summed E-state index contributed by atoms with van der Waals surface area (Å²) in [4.78, 5) is 0. The van der Waals surface area contributed by atoms with Crippen molar-refractivity contribution in [2.75, 3.05) is 20.8 Å². The quantitative estimate of drug-likeness (QED) is 0.254. The molecule has 0 aliphatic carbocycles. The molecule has 0 heterocycles. The van der Waals surface area contributed by atoms with Crippen LogP contribution < -0.4 is 19.5 Å². The molecule has 0 amide bonds. The minimum atomic E-state index is -0.233. The van der Waals surface area contributed by atoms with Crippen molar-refractivity contribution < 1.29 is 18.6 Å². The van der Waals surface area contributed by atoms with Crippen molar-refractivity contribution in [2.45, 2.75) is 32.9 Å². The molecule has 33 heavy (non-hydrogen) atoms. The molecule has 3 aromatic carbocycles. The molecule has 0 saturated heterocycles. The minimum Gasteiger partial charge on any atom is -0.497 e. The lowest BCUT2D eigenvalue weighted by Crippen LogP contribution is -2.14. The number of benzene rings is 3. The molecule has 174 valence electrons. The molecule has 0 atom stereocenters. The van der Waals surface area contributed by atoms with Gasteiger partial charge >= 0.3 is 0 Å². The Hall–Kier alpha value is -3.31. The average molecular weight is 450 g/mol. The number of unbranched alkanes of at least 4 members (excludes halogenated alkanes) is 1. The Morgan fingerprint density at radius 1 is 0.848 bits per heavy atom. The number of rotatable bonds is 12. The highest BCUT2D eigenvalue weighted by Gasteiger charge is 2.11. The van der Waals surface area contributed by atoms with Crippen LogP contribution in [0.2, 0.25) is 0 Å². The van der Waals surface area contributed by atoms with Gasteiger partial charge in [0.25, 0.3) is 0 Å². The van der Waals surface area contributed by atoms with E-state index in [0.717, 1.165) is 59.0 Å². The molecule has 4 nitrogen and oxygen atoms in total. The van der Waals surface area contributed by atoms with Crippen LogP contribution in [0.4, 0.5) is 4.39 Å². The van der Waals surface area contributed by atoms with Gasteiger partial charge in [0.2, 0.25) is 0 Å². The molecule has 0 unspecified atom stereocenters. The summed E-state index contributed by atoms with van der Waals surface area (Å²) in [5.74, 6) is 2.13. The maximum atomic E-state index is 13.1. The third kappa shape index (κ3) is 7.36. The van der Waals surface area contributed by atoms with E-state index in [4.69, 9.17) is 14.2 Å².